The van der Waals surface area contributed by atoms with Crippen LogP contribution in [0, 0.1) is 0 Å². The molecule has 0 unspecified atom stereocenters. The highest BCUT2D eigenvalue weighted by Crippen LogP contribution is 2.14. The van der Waals surface area contributed by atoms with Crippen LogP contribution in [0.1, 0.15) is 23.0 Å². The van der Waals surface area contributed by atoms with Gasteiger partial charge in [0.05, 0.1) is 19.4 Å². The van der Waals surface area contributed by atoms with Crippen molar-refractivity contribution in [2.75, 3.05) is 22.5 Å². The van der Waals surface area contributed by atoms with Gasteiger partial charge in [-0.15, -0.1) is 0 Å². The van der Waals surface area contributed by atoms with Crippen molar-refractivity contribution >= 4 is 34.8 Å². The number of benzene rings is 2. The molecular formula is C22H22N4O4. The first-order valence-electron chi connectivity index (χ1n) is 9.31. The zero-order chi connectivity index (χ0) is 21.3. The SMILES string of the molecule is CC(=O)Nc1ccc(NC(=O)CNc2cccc(C(=O)NCc3ccco3)c2)cc1. The van der Waals surface area contributed by atoms with Crippen molar-refractivity contribution in [3.05, 3.63) is 78.3 Å². The van der Waals surface area contributed by atoms with Gasteiger partial charge in [0.25, 0.3) is 5.91 Å². The maximum Gasteiger partial charge on any atom is 0.251 e. The number of amides is 3. The topological polar surface area (TPSA) is 112 Å². The summed E-state index contributed by atoms with van der Waals surface area (Å²) in [7, 11) is 0. The molecule has 3 rings (SSSR count). The molecule has 154 valence electrons. The van der Waals surface area contributed by atoms with Crippen LogP contribution in [0.4, 0.5) is 17.1 Å². The summed E-state index contributed by atoms with van der Waals surface area (Å²) in [6, 6.07) is 17.2. The minimum absolute atomic E-state index is 0.0327. The van der Waals surface area contributed by atoms with Crippen molar-refractivity contribution in [2.45, 2.75) is 13.5 Å². The highest BCUT2D eigenvalue weighted by Gasteiger charge is 2.08. The number of carbonyl (C=O) groups is 3. The van der Waals surface area contributed by atoms with E-state index in [1.807, 2.05) is 0 Å². The molecule has 0 spiro atoms. The summed E-state index contributed by atoms with van der Waals surface area (Å²) in [6.45, 7) is 1.76. The molecule has 4 N–H and O–H groups in total. The van der Waals surface area contributed by atoms with Crippen LogP contribution in [-0.2, 0) is 16.1 Å². The summed E-state index contributed by atoms with van der Waals surface area (Å²) < 4.78 is 5.19. The van der Waals surface area contributed by atoms with Gasteiger partial charge in [-0.2, -0.15) is 0 Å². The fourth-order valence-corrected chi connectivity index (χ4v) is 2.68. The van der Waals surface area contributed by atoms with Crippen molar-refractivity contribution in [3.8, 4) is 0 Å². The molecule has 0 saturated carbocycles. The maximum atomic E-state index is 12.3. The van der Waals surface area contributed by atoms with Crippen LogP contribution in [0.2, 0.25) is 0 Å². The lowest BCUT2D eigenvalue weighted by molar-refractivity contribution is -0.115. The lowest BCUT2D eigenvalue weighted by Crippen LogP contribution is -2.23. The van der Waals surface area contributed by atoms with E-state index in [2.05, 4.69) is 21.3 Å². The summed E-state index contributed by atoms with van der Waals surface area (Å²) >= 11 is 0. The van der Waals surface area contributed by atoms with Crippen molar-refractivity contribution in [1.29, 1.82) is 0 Å². The fourth-order valence-electron chi connectivity index (χ4n) is 2.68. The zero-order valence-corrected chi connectivity index (χ0v) is 16.4. The average molecular weight is 406 g/mol. The smallest absolute Gasteiger partial charge is 0.251 e. The van der Waals surface area contributed by atoms with Gasteiger partial charge in [-0.1, -0.05) is 6.07 Å². The highest BCUT2D eigenvalue weighted by atomic mass is 16.3. The van der Waals surface area contributed by atoms with Crippen LogP contribution in [0.3, 0.4) is 0 Å². The first kappa shape index (κ1) is 20.7. The molecule has 0 fully saturated rings. The third-order valence-corrected chi connectivity index (χ3v) is 4.07. The Bertz CT molecular complexity index is 1010. The Morgan fingerprint density at radius 1 is 0.867 bits per heavy atom. The van der Waals surface area contributed by atoms with Gasteiger partial charge in [-0.3, -0.25) is 14.4 Å². The molecule has 3 aromatic rings. The zero-order valence-electron chi connectivity index (χ0n) is 16.4. The van der Waals surface area contributed by atoms with E-state index in [1.54, 1.807) is 66.9 Å². The fraction of sp³-hybridized carbons (Fsp3) is 0.136. The van der Waals surface area contributed by atoms with E-state index in [9.17, 15) is 14.4 Å². The molecule has 0 aliphatic heterocycles. The molecule has 1 aromatic heterocycles. The molecule has 8 nitrogen and oxygen atoms in total. The lowest BCUT2D eigenvalue weighted by atomic mass is 10.2. The number of nitrogens with one attached hydrogen (secondary N) is 4. The highest BCUT2D eigenvalue weighted by molar-refractivity contribution is 5.96. The van der Waals surface area contributed by atoms with Crippen molar-refractivity contribution in [3.63, 3.8) is 0 Å². The van der Waals surface area contributed by atoms with Gasteiger partial charge in [-0.05, 0) is 54.6 Å². The van der Waals surface area contributed by atoms with Gasteiger partial charge in [0.1, 0.15) is 5.76 Å². The number of hydrogen-bond donors (Lipinski definition) is 4. The Morgan fingerprint density at radius 2 is 1.60 bits per heavy atom. The van der Waals surface area contributed by atoms with E-state index < -0.39 is 0 Å². The van der Waals surface area contributed by atoms with Crippen LogP contribution in [0.25, 0.3) is 0 Å². The predicted octanol–water partition coefficient (Wildman–Crippen LogP) is 3.22. The summed E-state index contributed by atoms with van der Waals surface area (Å²) in [5, 5.41) is 11.2. The summed E-state index contributed by atoms with van der Waals surface area (Å²) in [4.78, 5) is 35.5. The number of rotatable bonds is 8. The molecule has 8 heteroatoms. The maximum absolute atomic E-state index is 12.3. The van der Waals surface area contributed by atoms with Gasteiger partial charge in [0.15, 0.2) is 0 Å². The molecule has 3 amide bonds. The molecule has 30 heavy (non-hydrogen) atoms. The summed E-state index contributed by atoms with van der Waals surface area (Å²) in [5.41, 5.74) is 2.39. The average Bonchev–Trinajstić information content (AvgIpc) is 3.25. The van der Waals surface area contributed by atoms with Gasteiger partial charge in [0, 0.05) is 29.5 Å². The second-order valence-electron chi connectivity index (χ2n) is 6.50. The van der Waals surface area contributed by atoms with Crippen LogP contribution in [0.15, 0.2) is 71.3 Å². The molecule has 0 bridgehead atoms. The van der Waals surface area contributed by atoms with E-state index in [-0.39, 0.29) is 24.3 Å². The molecule has 0 saturated heterocycles. The molecule has 2 aromatic carbocycles. The van der Waals surface area contributed by atoms with Crippen molar-refractivity contribution < 1.29 is 18.8 Å². The number of anilines is 3. The third-order valence-electron chi connectivity index (χ3n) is 4.07. The molecular weight excluding hydrogens is 384 g/mol. The predicted molar refractivity (Wildman–Crippen MR) is 114 cm³/mol. The van der Waals surface area contributed by atoms with E-state index in [4.69, 9.17) is 4.42 Å². The minimum Gasteiger partial charge on any atom is -0.467 e. The molecule has 0 atom stereocenters. The van der Waals surface area contributed by atoms with E-state index in [0.717, 1.165) is 0 Å². The molecule has 0 aliphatic carbocycles. The minimum atomic E-state index is -0.241. The monoisotopic (exact) mass is 406 g/mol. The molecule has 0 aliphatic rings. The van der Waals surface area contributed by atoms with E-state index >= 15 is 0 Å². The second kappa shape index (κ2) is 9.92. The van der Waals surface area contributed by atoms with Gasteiger partial charge in [0.2, 0.25) is 11.8 Å². The van der Waals surface area contributed by atoms with Crippen LogP contribution < -0.4 is 21.3 Å². The van der Waals surface area contributed by atoms with Gasteiger partial charge in [-0.25, -0.2) is 0 Å². The normalized spacial score (nSPS) is 10.2. The van der Waals surface area contributed by atoms with Crippen LogP contribution >= 0.6 is 0 Å². The number of furan rings is 1. The van der Waals surface area contributed by atoms with Crippen LogP contribution in [-0.4, -0.2) is 24.3 Å². The Hall–Kier alpha value is -4.07. The summed E-state index contributed by atoms with van der Waals surface area (Å²) in [5.74, 6) is 0.0287. The van der Waals surface area contributed by atoms with E-state index in [1.165, 1.54) is 6.92 Å². The van der Waals surface area contributed by atoms with Crippen molar-refractivity contribution in [2.24, 2.45) is 0 Å². The quantitative estimate of drug-likeness (QED) is 0.459. The number of carbonyl (C=O) groups excluding carboxylic acids is 3. The Balaban J connectivity index is 1.49. The first-order valence-corrected chi connectivity index (χ1v) is 9.31. The molecule has 0 radical (unpaired) electrons. The van der Waals surface area contributed by atoms with Crippen LogP contribution in [0.5, 0.6) is 0 Å². The van der Waals surface area contributed by atoms with E-state index in [0.29, 0.717) is 34.9 Å². The Labute approximate surface area is 173 Å². The summed E-state index contributed by atoms with van der Waals surface area (Å²) in [6.07, 6.45) is 1.55. The molecule has 1 heterocycles. The Kier molecular flexibility index (Phi) is 6.83. The van der Waals surface area contributed by atoms with Crippen molar-refractivity contribution in [1.82, 2.24) is 5.32 Å². The second-order valence-corrected chi connectivity index (χ2v) is 6.50. The number of hydrogen-bond acceptors (Lipinski definition) is 5. The van der Waals surface area contributed by atoms with Gasteiger partial charge >= 0.3 is 0 Å². The Morgan fingerprint density at radius 3 is 2.27 bits per heavy atom. The lowest BCUT2D eigenvalue weighted by Gasteiger charge is -2.10. The largest absolute Gasteiger partial charge is 0.467 e. The third kappa shape index (κ3) is 6.23. The standard InChI is InChI=1S/C22H22N4O4/c1-15(27)25-17-7-9-18(10-8-17)26-21(28)14-23-19-5-2-4-16(12-19)22(29)24-13-20-6-3-11-30-20/h2-12,23H,13-14H2,1H3,(H,24,29)(H,25,27)(H,26,28). The first-order chi connectivity index (χ1) is 14.5. The van der Waals surface area contributed by atoms with Gasteiger partial charge < -0.3 is 25.7 Å².